The predicted octanol–water partition coefficient (Wildman–Crippen LogP) is 4.12. The lowest BCUT2D eigenvalue weighted by atomic mass is 10.0. The number of hydrogen-bond acceptors (Lipinski definition) is 2. The van der Waals surface area contributed by atoms with Gasteiger partial charge in [0, 0.05) is 24.5 Å². The number of carbonyl (C=O) groups is 2. The van der Waals surface area contributed by atoms with E-state index in [1.807, 2.05) is 42.5 Å². The van der Waals surface area contributed by atoms with E-state index in [4.69, 9.17) is 11.6 Å². The number of nitrogens with one attached hydrogen (secondary N) is 1. The van der Waals surface area contributed by atoms with Crippen LogP contribution in [0.2, 0.25) is 5.02 Å². The Hall–Kier alpha value is -2.59. The Balaban J connectivity index is 2.39. The van der Waals surface area contributed by atoms with Gasteiger partial charge in [-0.3, -0.25) is 9.59 Å². The van der Waals surface area contributed by atoms with E-state index in [1.165, 1.54) is 0 Å². The van der Waals surface area contributed by atoms with Crippen LogP contribution >= 0.6 is 11.6 Å². The van der Waals surface area contributed by atoms with Crippen LogP contribution in [0.4, 0.5) is 0 Å². The van der Waals surface area contributed by atoms with Crippen LogP contribution in [-0.2, 0) is 16.1 Å². The molecule has 2 rings (SSSR count). The maximum atomic E-state index is 12.8. The van der Waals surface area contributed by atoms with Crippen molar-refractivity contribution in [1.29, 1.82) is 0 Å². The maximum absolute atomic E-state index is 12.8. The SMILES string of the molecule is C=CCNC(=O)[C@H](c1ccccc1)N(Cc1ccc(Cl)cc1)C(=O)CC. The van der Waals surface area contributed by atoms with Gasteiger partial charge in [-0.1, -0.05) is 67.1 Å². The third-order valence-electron chi connectivity index (χ3n) is 3.98. The molecule has 0 fully saturated rings. The average Bonchev–Trinajstić information content (AvgIpc) is 2.67. The molecule has 1 N–H and O–H groups in total. The summed E-state index contributed by atoms with van der Waals surface area (Å²) >= 11 is 5.95. The summed E-state index contributed by atoms with van der Waals surface area (Å²) in [5, 5.41) is 3.44. The van der Waals surface area contributed by atoms with E-state index in [-0.39, 0.29) is 11.8 Å². The van der Waals surface area contributed by atoms with Crippen molar-refractivity contribution in [1.82, 2.24) is 10.2 Å². The number of halogens is 1. The zero-order valence-electron chi connectivity index (χ0n) is 14.8. The fourth-order valence-corrected chi connectivity index (χ4v) is 2.82. The van der Waals surface area contributed by atoms with Gasteiger partial charge in [-0.25, -0.2) is 0 Å². The molecule has 0 aliphatic heterocycles. The zero-order chi connectivity index (χ0) is 18.9. The van der Waals surface area contributed by atoms with E-state index < -0.39 is 6.04 Å². The molecule has 2 aromatic rings. The third-order valence-corrected chi connectivity index (χ3v) is 4.24. The number of hydrogen-bond donors (Lipinski definition) is 1. The van der Waals surface area contributed by atoms with Crippen molar-refractivity contribution in [2.45, 2.75) is 25.9 Å². The Labute approximate surface area is 159 Å². The minimum atomic E-state index is -0.709. The zero-order valence-corrected chi connectivity index (χ0v) is 15.6. The number of carbonyl (C=O) groups excluding carboxylic acids is 2. The number of amides is 2. The maximum Gasteiger partial charge on any atom is 0.247 e. The van der Waals surface area contributed by atoms with Crippen LogP contribution in [-0.4, -0.2) is 23.3 Å². The molecule has 0 saturated heterocycles. The van der Waals surface area contributed by atoms with Gasteiger partial charge in [-0.15, -0.1) is 6.58 Å². The van der Waals surface area contributed by atoms with Crippen molar-refractivity contribution in [2.75, 3.05) is 6.54 Å². The molecule has 0 spiro atoms. The molecule has 0 saturated carbocycles. The van der Waals surface area contributed by atoms with Crippen molar-refractivity contribution in [3.05, 3.63) is 83.4 Å². The van der Waals surface area contributed by atoms with Crippen LogP contribution < -0.4 is 5.32 Å². The van der Waals surface area contributed by atoms with Gasteiger partial charge in [0.2, 0.25) is 11.8 Å². The average molecular weight is 371 g/mol. The van der Waals surface area contributed by atoms with Crippen LogP contribution in [0.3, 0.4) is 0 Å². The molecule has 0 unspecified atom stereocenters. The second kappa shape index (κ2) is 9.78. The lowest BCUT2D eigenvalue weighted by molar-refractivity contribution is -0.141. The van der Waals surface area contributed by atoms with Gasteiger partial charge in [0.05, 0.1) is 0 Å². The minimum Gasteiger partial charge on any atom is -0.351 e. The Bertz CT molecular complexity index is 744. The quantitative estimate of drug-likeness (QED) is 0.710. The van der Waals surface area contributed by atoms with Gasteiger partial charge < -0.3 is 10.2 Å². The van der Waals surface area contributed by atoms with E-state index in [9.17, 15) is 9.59 Å². The first-order chi connectivity index (χ1) is 12.6. The molecule has 0 heterocycles. The molecule has 26 heavy (non-hydrogen) atoms. The molecular weight excluding hydrogens is 348 g/mol. The second-order valence-electron chi connectivity index (χ2n) is 5.85. The van der Waals surface area contributed by atoms with Crippen LogP contribution in [0.1, 0.15) is 30.5 Å². The summed E-state index contributed by atoms with van der Waals surface area (Å²) in [6, 6.07) is 15.9. The molecule has 4 nitrogen and oxygen atoms in total. The molecule has 1 atom stereocenters. The summed E-state index contributed by atoms with van der Waals surface area (Å²) in [6.07, 6.45) is 1.93. The highest BCUT2D eigenvalue weighted by molar-refractivity contribution is 6.30. The molecule has 5 heteroatoms. The predicted molar refractivity (Wildman–Crippen MR) is 105 cm³/mol. The van der Waals surface area contributed by atoms with Crippen molar-refractivity contribution in [3.8, 4) is 0 Å². The lowest BCUT2D eigenvalue weighted by Gasteiger charge is -2.31. The summed E-state index contributed by atoms with van der Waals surface area (Å²) in [5.74, 6) is -0.325. The Kier molecular flexibility index (Phi) is 7.42. The van der Waals surface area contributed by atoms with Gasteiger partial charge in [0.25, 0.3) is 0 Å². The summed E-state index contributed by atoms with van der Waals surface area (Å²) in [5.41, 5.74) is 1.68. The molecule has 136 valence electrons. The molecule has 0 aliphatic rings. The summed E-state index contributed by atoms with van der Waals surface area (Å²) in [4.78, 5) is 27.1. The van der Waals surface area contributed by atoms with Gasteiger partial charge in [0.1, 0.15) is 6.04 Å². The molecule has 0 aliphatic carbocycles. The molecule has 2 amide bonds. The second-order valence-corrected chi connectivity index (χ2v) is 6.29. The van der Waals surface area contributed by atoms with E-state index in [1.54, 1.807) is 30.0 Å². The highest BCUT2D eigenvalue weighted by Crippen LogP contribution is 2.25. The first-order valence-corrected chi connectivity index (χ1v) is 8.92. The highest BCUT2D eigenvalue weighted by atomic mass is 35.5. The van der Waals surface area contributed by atoms with E-state index in [0.29, 0.717) is 24.5 Å². The number of rotatable bonds is 8. The Morgan fingerprint density at radius 1 is 1.15 bits per heavy atom. The molecule has 0 aromatic heterocycles. The van der Waals surface area contributed by atoms with Crippen molar-refractivity contribution in [2.24, 2.45) is 0 Å². The number of benzene rings is 2. The Morgan fingerprint density at radius 2 is 1.81 bits per heavy atom. The van der Waals surface area contributed by atoms with Crippen LogP contribution in [0.5, 0.6) is 0 Å². The fraction of sp³-hybridized carbons (Fsp3) is 0.238. The first kappa shape index (κ1) is 19.7. The van der Waals surface area contributed by atoms with Crippen molar-refractivity contribution >= 4 is 23.4 Å². The van der Waals surface area contributed by atoms with Gasteiger partial charge in [0.15, 0.2) is 0 Å². The Morgan fingerprint density at radius 3 is 2.38 bits per heavy atom. The van der Waals surface area contributed by atoms with Gasteiger partial charge in [-0.2, -0.15) is 0 Å². The van der Waals surface area contributed by atoms with Crippen LogP contribution in [0, 0.1) is 0 Å². The highest BCUT2D eigenvalue weighted by Gasteiger charge is 2.30. The first-order valence-electron chi connectivity index (χ1n) is 8.54. The largest absolute Gasteiger partial charge is 0.351 e. The van der Waals surface area contributed by atoms with E-state index >= 15 is 0 Å². The van der Waals surface area contributed by atoms with Gasteiger partial charge in [-0.05, 0) is 23.3 Å². The minimum absolute atomic E-state index is 0.0949. The molecule has 2 aromatic carbocycles. The monoisotopic (exact) mass is 370 g/mol. The lowest BCUT2D eigenvalue weighted by Crippen LogP contribution is -2.43. The van der Waals surface area contributed by atoms with Crippen LogP contribution in [0.25, 0.3) is 0 Å². The summed E-state index contributed by atoms with van der Waals surface area (Å²) < 4.78 is 0. The van der Waals surface area contributed by atoms with Crippen molar-refractivity contribution < 1.29 is 9.59 Å². The van der Waals surface area contributed by atoms with E-state index in [0.717, 1.165) is 11.1 Å². The number of nitrogens with zero attached hydrogens (tertiary/aromatic N) is 1. The fourth-order valence-electron chi connectivity index (χ4n) is 2.69. The smallest absolute Gasteiger partial charge is 0.247 e. The normalized spacial score (nSPS) is 11.5. The standard InChI is InChI=1S/C21H23ClN2O2/c1-3-14-23-21(26)20(17-8-6-5-7-9-17)24(19(25)4-2)15-16-10-12-18(22)13-11-16/h3,5-13,20H,1,4,14-15H2,2H3,(H,23,26)/t20-/m0/s1. The topological polar surface area (TPSA) is 49.4 Å². The van der Waals surface area contributed by atoms with Crippen molar-refractivity contribution in [3.63, 3.8) is 0 Å². The van der Waals surface area contributed by atoms with Crippen LogP contribution in [0.15, 0.2) is 67.3 Å². The van der Waals surface area contributed by atoms with Gasteiger partial charge >= 0.3 is 0 Å². The molecule has 0 radical (unpaired) electrons. The summed E-state index contributed by atoms with van der Waals surface area (Å²) in [7, 11) is 0. The summed E-state index contributed by atoms with van der Waals surface area (Å²) in [6.45, 7) is 6.09. The third kappa shape index (κ3) is 5.20. The van der Waals surface area contributed by atoms with E-state index in [2.05, 4.69) is 11.9 Å². The molecule has 0 bridgehead atoms. The molecular formula is C21H23ClN2O2.